The van der Waals surface area contributed by atoms with E-state index in [9.17, 15) is 13.2 Å². The Bertz CT molecular complexity index is 1110. The minimum absolute atomic E-state index is 0.102. The first kappa shape index (κ1) is 20.2. The van der Waals surface area contributed by atoms with E-state index in [1.807, 2.05) is 0 Å². The average molecular weight is 420 g/mol. The van der Waals surface area contributed by atoms with Crippen LogP contribution < -0.4 is 10.1 Å². The molecule has 1 heterocycles. The number of hydrogen-bond acceptors (Lipinski definition) is 6. The van der Waals surface area contributed by atoms with Crippen LogP contribution in [0.1, 0.15) is 24.2 Å². The van der Waals surface area contributed by atoms with E-state index in [1.54, 1.807) is 43.6 Å². The summed E-state index contributed by atoms with van der Waals surface area (Å²) < 4.78 is 33.1. The molecule has 0 saturated heterocycles. The molecule has 0 aliphatic carbocycles. The van der Waals surface area contributed by atoms with Gasteiger partial charge in [-0.2, -0.15) is 4.31 Å². The third kappa shape index (κ3) is 3.87. The summed E-state index contributed by atoms with van der Waals surface area (Å²) in [6.45, 7) is 4.29. The van der Waals surface area contributed by atoms with E-state index in [0.29, 0.717) is 30.1 Å². The topological polar surface area (TPSA) is 88.6 Å². The third-order valence-electron chi connectivity index (χ3n) is 4.36. The highest BCUT2D eigenvalue weighted by Crippen LogP contribution is 2.30. The number of ether oxygens (including phenoxy) is 1. The molecule has 1 aromatic heterocycles. The monoisotopic (exact) mass is 419 g/mol. The molecule has 1 amide bonds. The molecule has 28 heavy (non-hydrogen) atoms. The van der Waals surface area contributed by atoms with Gasteiger partial charge >= 0.3 is 0 Å². The fraction of sp³-hybridized carbons (Fsp3) is 0.263. The van der Waals surface area contributed by atoms with Crippen molar-refractivity contribution < 1.29 is 17.9 Å². The van der Waals surface area contributed by atoms with Gasteiger partial charge < -0.3 is 10.1 Å². The maximum Gasteiger partial charge on any atom is 0.255 e. The molecular formula is C19H21N3O4S2. The summed E-state index contributed by atoms with van der Waals surface area (Å²) in [6, 6.07) is 9.66. The first-order valence-electron chi connectivity index (χ1n) is 8.73. The van der Waals surface area contributed by atoms with Crippen LogP contribution in [0.15, 0.2) is 46.8 Å². The van der Waals surface area contributed by atoms with Crippen LogP contribution in [-0.2, 0) is 10.0 Å². The van der Waals surface area contributed by atoms with Gasteiger partial charge in [-0.3, -0.25) is 4.79 Å². The summed E-state index contributed by atoms with van der Waals surface area (Å²) >= 11 is 1.45. The van der Waals surface area contributed by atoms with E-state index >= 15 is 0 Å². The minimum atomic E-state index is -3.65. The molecule has 0 spiro atoms. The van der Waals surface area contributed by atoms with E-state index in [4.69, 9.17) is 4.74 Å². The van der Waals surface area contributed by atoms with Gasteiger partial charge in [0.15, 0.2) is 0 Å². The smallest absolute Gasteiger partial charge is 0.255 e. The molecule has 148 valence electrons. The summed E-state index contributed by atoms with van der Waals surface area (Å²) in [5.41, 5.74) is 3.30. The number of methoxy groups -OCH3 is 1. The molecule has 7 nitrogen and oxygen atoms in total. The van der Waals surface area contributed by atoms with E-state index in [-0.39, 0.29) is 10.8 Å². The molecule has 0 atom stereocenters. The first-order valence-corrected chi connectivity index (χ1v) is 11.1. The second-order valence-corrected chi connectivity index (χ2v) is 8.76. The van der Waals surface area contributed by atoms with E-state index < -0.39 is 10.0 Å². The number of carbonyl (C=O) groups is 1. The molecule has 0 unspecified atom stereocenters. The molecule has 2 aromatic carbocycles. The molecule has 0 saturated carbocycles. The number of anilines is 1. The highest BCUT2D eigenvalue weighted by molar-refractivity contribution is 7.89. The van der Waals surface area contributed by atoms with Gasteiger partial charge in [0.25, 0.3) is 5.91 Å². The zero-order chi connectivity index (χ0) is 20.3. The molecule has 1 N–H and O–H groups in total. The van der Waals surface area contributed by atoms with Crippen molar-refractivity contribution in [2.45, 2.75) is 18.7 Å². The molecule has 3 aromatic rings. The number of sulfonamides is 1. The van der Waals surface area contributed by atoms with Gasteiger partial charge in [-0.15, -0.1) is 11.3 Å². The number of benzene rings is 2. The van der Waals surface area contributed by atoms with Gasteiger partial charge in [0, 0.05) is 18.7 Å². The Morgan fingerprint density at radius 3 is 2.61 bits per heavy atom. The molecule has 9 heteroatoms. The Morgan fingerprint density at radius 1 is 1.18 bits per heavy atom. The van der Waals surface area contributed by atoms with E-state index in [1.165, 1.54) is 34.9 Å². The Balaban J connectivity index is 1.95. The zero-order valence-electron chi connectivity index (χ0n) is 15.8. The lowest BCUT2D eigenvalue weighted by atomic mass is 10.2. The number of nitrogens with one attached hydrogen (secondary N) is 1. The second-order valence-electron chi connectivity index (χ2n) is 5.94. The Kier molecular flexibility index (Phi) is 5.97. The van der Waals surface area contributed by atoms with E-state index in [0.717, 1.165) is 10.2 Å². The lowest BCUT2D eigenvalue weighted by Gasteiger charge is -2.19. The quantitative estimate of drug-likeness (QED) is 0.632. The minimum Gasteiger partial charge on any atom is -0.495 e. The number of aromatic nitrogens is 1. The fourth-order valence-corrected chi connectivity index (χ4v) is 5.05. The molecule has 3 rings (SSSR count). The van der Waals surface area contributed by atoms with Crippen LogP contribution in [0.3, 0.4) is 0 Å². The second kappa shape index (κ2) is 8.26. The van der Waals surface area contributed by atoms with Crippen molar-refractivity contribution in [3.63, 3.8) is 0 Å². The number of thiazole rings is 1. The van der Waals surface area contributed by atoms with Gasteiger partial charge in [-0.1, -0.05) is 13.8 Å². The zero-order valence-corrected chi connectivity index (χ0v) is 17.4. The molecule has 0 aliphatic heterocycles. The van der Waals surface area contributed by atoms with Crippen molar-refractivity contribution in [3.8, 4) is 5.75 Å². The number of amides is 1. The number of carbonyl (C=O) groups excluding carboxylic acids is 1. The predicted molar refractivity (Wildman–Crippen MR) is 111 cm³/mol. The Labute approximate surface area is 168 Å². The van der Waals surface area contributed by atoms with Gasteiger partial charge in [-0.05, 0) is 36.4 Å². The predicted octanol–water partition coefficient (Wildman–Crippen LogP) is 3.59. The van der Waals surface area contributed by atoms with Crippen LogP contribution in [0, 0.1) is 0 Å². The van der Waals surface area contributed by atoms with Crippen molar-refractivity contribution in [1.29, 1.82) is 0 Å². The molecule has 0 bridgehead atoms. The number of hydrogen-bond donors (Lipinski definition) is 1. The summed E-state index contributed by atoms with van der Waals surface area (Å²) in [4.78, 5) is 17.0. The van der Waals surface area contributed by atoms with Gasteiger partial charge in [0.2, 0.25) is 10.0 Å². The highest BCUT2D eigenvalue weighted by Gasteiger charge is 2.23. The Hall–Kier alpha value is -2.49. The third-order valence-corrected chi connectivity index (χ3v) is 7.19. The van der Waals surface area contributed by atoms with Crippen LogP contribution in [0.2, 0.25) is 0 Å². The van der Waals surface area contributed by atoms with Crippen LogP contribution in [0.5, 0.6) is 5.75 Å². The number of fused-ring (bicyclic) bond motifs is 1. The maximum absolute atomic E-state index is 12.8. The van der Waals surface area contributed by atoms with Crippen LogP contribution in [-0.4, -0.2) is 43.8 Å². The highest BCUT2D eigenvalue weighted by atomic mass is 32.2. The fourth-order valence-electron chi connectivity index (χ4n) is 2.85. The Morgan fingerprint density at radius 2 is 1.93 bits per heavy atom. The maximum atomic E-state index is 12.8. The largest absolute Gasteiger partial charge is 0.495 e. The summed E-state index contributed by atoms with van der Waals surface area (Å²) in [5.74, 6) is 0.0247. The molecule has 0 fully saturated rings. The van der Waals surface area contributed by atoms with Gasteiger partial charge in [0.05, 0.1) is 33.4 Å². The summed E-state index contributed by atoms with van der Waals surface area (Å²) in [6.07, 6.45) is 0. The summed E-state index contributed by atoms with van der Waals surface area (Å²) in [5, 5.41) is 2.76. The molecule has 0 aliphatic rings. The van der Waals surface area contributed by atoms with Crippen LogP contribution in [0.25, 0.3) is 10.2 Å². The van der Waals surface area contributed by atoms with Crippen molar-refractivity contribution in [2.75, 3.05) is 25.5 Å². The average Bonchev–Trinajstić information content (AvgIpc) is 3.16. The van der Waals surface area contributed by atoms with Gasteiger partial charge in [0.1, 0.15) is 5.75 Å². The van der Waals surface area contributed by atoms with E-state index in [2.05, 4.69) is 10.3 Å². The lowest BCUT2D eigenvalue weighted by molar-refractivity contribution is 0.102. The molecular weight excluding hydrogens is 398 g/mol. The first-order chi connectivity index (χ1) is 13.4. The SMILES string of the molecule is CCN(CC)S(=O)(=O)c1ccc(OC)c(NC(=O)c2ccc3ncsc3c2)c1. The van der Waals surface area contributed by atoms with Crippen LogP contribution >= 0.6 is 11.3 Å². The van der Waals surface area contributed by atoms with Gasteiger partial charge in [-0.25, -0.2) is 13.4 Å². The number of nitrogens with zero attached hydrogens (tertiary/aromatic N) is 2. The standard InChI is InChI=1S/C19H21N3O4S2/c1-4-22(5-2)28(24,25)14-7-9-17(26-3)16(11-14)21-19(23)13-6-8-15-18(10-13)27-12-20-15/h6-12H,4-5H2,1-3H3,(H,21,23). The molecule has 0 radical (unpaired) electrons. The van der Waals surface area contributed by atoms with Crippen molar-refractivity contribution in [2.24, 2.45) is 0 Å². The normalized spacial score (nSPS) is 11.7. The van der Waals surface area contributed by atoms with Crippen LogP contribution in [0.4, 0.5) is 5.69 Å². The summed E-state index contributed by atoms with van der Waals surface area (Å²) in [7, 11) is -2.19. The van der Waals surface area contributed by atoms with Crippen molar-refractivity contribution in [3.05, 3.63) is 47.5 Å². The number of rotatable bonds is 7. The van der Waals surface area contributed by atoms with Crippen molar-refractivity contribution >= 4 is 43.2 Å². The van der Waals surface area contributed by atoms with Crippen molar-refractivity contribution in [1.82, 2.24) is 9.29 Å². The lowest BCUT2D eigenvalue weighted by Crippen LogP contribution is -2.30.